The van der Waals surface area contributed by atoms with Gasteiger partial charge in [0, 0.05) is 43.1 Å². The molecule has 12 heteroatoms. The molecule has 1 heterocycles. The Hall–Kier alpha value is -4.22. The van der Waals surface area contributed by atoms with Crippen LogP contribution in [-0.4, -0.2) is 51.9 Å². The lowest BCUT2D eigenvalue weighted by Crippen LogP contribution is -2.47. The van der Waals surface area contributed by atoms with Gasteiger partial charge < -0.3 is 29.3 Å². The van der Waals surface area contributed by atoms with Gasteiger partial charge in [-0.15, -0.1) is 0 Å². The van der Waals surface area contributed by atoms with Crippen LogP contribution in [0.25, 0.3) is 0 Å². The standard InChI is InChI=1S/C29H30F5N3O4/c1-4-39-20-15-17(16-21(40-5-2)28(20)41-6-3)29(38)35-18-7-9-19(10-8-18)36-11-13-37(14-12-36)27-25(33)23(31)22(30)24(32)26(27)34/h7-10,15-16H,4-6,11-14H2,1-3H3,(H,35,38). The molecular weight excluding hydrogens is 549 g/mol. The summed E-state index contributed by atoms with van der Waals surface area (Å²) in [5, 5.41) is 2.83. The minimum absolute atomic E-state index is 0.0406. The maximum Gasteiger partial charge on any atom is 0.255 e. The Morgan fingerprint density at radius 1 is 0.707 bits per heavy atom. The molecule has 3 aromatic carbocycles. The highest BCUT2D eigenvalue weighted by atomic mass is 19.2. The molecular formula is C29H30F5N3O4. The molecule has 220 valence electrons. The number of carbonyl (C=O) groups is 1. The predicted molar refractivity (Wildman–Crippen MR) is 145 cm³/mol. The van der Waals surface area contributed by atoms with Crippen LogP contribution in [0.4, 0.5) is 39.0 Å². The van der Waals surface area contributed by atoms with Crippen molar-refractivity contribution < 1.29 is 41.0 Å². The van der Waals surface area contributed by atoms with E-state index >= 15 is 0 Å². The van der Waals surface area contributed by atoms with Crippen molar-refractivity contribution in [3.63, 3.8) is 0 Å². The highest BCUT2D eigenvalue weighted by molar-refractivity contribution is 6.05. The summed E-state index contributed by atoms with van der Waals surface area (Å²) in [6.45, 7) is 7.25. The lowest BCUT2D eigenvalue weighted by Gasteiger charge is -2.37. The summed E-state index contributed by atoms with van der Waals surface area (Å²) in [6, 6.07) is 10.1. The van der Waals surface area contributed by atoms with Gasteiger partial charge in [-0.2, -0.15) is 0 Å². The summed E-state index contributed by atoms with van der Waals surface area (Å²) in [5.41, 5.74) is 0.670. The number of hydrogen-bond acceptors (Lipinski definition) is 6. The molecule has 0 radical (unpaired) electrons. The third kappa shape index (κ3) is 6.26. The second kappa shape index (κ2) is 13.0. The molecule has 7 nitrogen and oxygen atoms in total. The molecule has 0 aromatic heterocycles. The van der Waals surface area contributed by atoms with Crippen LogP contribution in [0.2, 0.25) is 0 Å². The summed E-state index contributed by atoms with van der Waals surface area (Å²) >= 11 is 0. The highest BCUT2D eigenvalue weighted by Gasteiger charge is 2.31. The monoisotopic (exact) mass is 579 g/mol. The molecule has 1 fully saturated rings. The Labute approximate surface area is 234 Å². The molecule has 1 amide bonds. The van der Waals surface area contributed by atoms with E-state index < -0.39 is 34.8 Å². The molecule has 1 saturated heterocycles. The van der Waals surface area contributed by atoms with Crippen molar-refractivity contribution in [2.45, 2.75) is 20.8 Å². The van der Waals surface area contributed by atoms with Crippen LogP contribution in [-0.2, 0) is 0 Å². The molecule has 0 aliphatic carbocycles. The van der Waals surface area contributed by atoms with Crippen molar-refractivity contribution >= 4 is 23.0 Å². The Kier molecular flexibility index (Phi) is 9.41. The molecule has 41 heavy (non-hydrogen) atoms. The number of anilines is 3. The van der Waals surface area contributed by atoms with E-state index in [0.29, 0.717) is 48.3 Å². The third-order valence-corrected chi connectivity index (χ3v) is 6.44. The summed E-state index contributed by atoms with van der Waals surface area (Å²) in [6.07, 6.45) is 0. The fourth-order valence-corrected chi connectivity index (χ4v) is 4.54. The zero-order valence-electron chi connectivity index (χ0n) is 22.8. The summed E-state index contributed by atoms with van der Waals surface area (Å²) in [4.78, 5) is 16.1. The first-order chi connectivity index (χ1) is 19.7. The van der Waals surface area contributed by atoms with Gasteiger partial charge in [0.2, 0.25) is 11.6 Å². The van der Waals surface area contributed by atoms with E-state index in [2.05, 4.69) is 5.32 Å². The number of hydrogen-bond donors (Lipinski definition) is 1. The Balaban J connectivity index is 1.44. The molecule has 0 spiro atoms. The SMILES string of the molecule is CCOc1cc(C(=O)Nc2ccc(N3CCN(c4c(F)c(F)c(F)c(F)c4F)CC3)cc2)cc(OCC)c1OCC. The quantitative estimate of drug-likeness (QED) is 0.177. The third-order valence-electron chi connectivity index (χ3n) is 6.44. The van der Waals surface area contributed by atoms with Gasteiger partial charge in [0.15, 0.2) is 34.8 Å². The van der Waals surface area contributed by atoms with Crippen LogP contribution < -0.4 is 29.3 Å². The first-order valence-corrected chi connectivity index (χ1v) is 13.2. The Morgan fingerprint density at radius 3 is 1.66 bits per heavy atom. The maximum atomic E-state index is 14.2. The number of amides is 1. The van der Waals surface area contributed by atoms with Gasteiger partial charge in [-0.3, -0.25) is 4.79 Å². The molecule has 0 unspecified atom stereocenters. The number of carbonyl (C=O) groups excluding carboxylic acids is 1. The van der Waals surface area contributed by atoms with E-state index in [9.17, 15) is 26.7 Å². The summed E-state index contributed by atoms with van der Waals surface area (Å²) in [7, 11) is 0. The van der Waals surface area contributed by atoms with Gasteiger partial charge in [0.1, 0.15) is 5.69 Å². The van der Waals surface area contributed by atoms with Crippen molar-refractivity contribution in [1.82, 2.24) is 0 Å². The Bertz CT molecular complexity index is 1340. The van der Waals surface area contributed by atoms with Gasteiger partial charge in [-0.1, -0.05) is 0 Å². The first kappa shape index (κ1) is 29.8. The molecule has 0 bridgehead atoms. The average Bonchev–Trinajstić information content (AvgIpc) is 2.97. The van der Waals surface area contributed by atoms with Gasteiger partial charge >= 0.3 is 0 Å². The molecule has 1 aliphatic rings. The van der Waals surface area contributed by atoms with Crippen LogP contribution in [0.5, 0.6) is 17.2 Å². The minimum Gasteiger partial charge on any atom is -0.490 e. The van der Waals surface area contributed by atoms with Crippen molar-refractivity contribution in [3.05, 3.63) is 71.0 Å². The van der Waals surface area contributed by atoms with E-state index in [1.54, 1.807) is 36.4 Å². The van der Waals surface area contributed by atoms with Crippen LogP contribution in [0.3, 0.4) is 0 Å². The normalized spacial score (nSPS) is 13.3. The zero-order chi connectivity index (χ0) is 29.7. The first-order valence-electron chi connectivity index (χ1n) is 13.2. The van der Waals surface area contributed by atoms with Crippen LogP contribution in [0.15, 0.2) is 36.4 Å². The molecule has 3 aromatic rings. The summed E-state index contributed by atoms with van der Waals surface area (Å²) in [5.74, 6) is -8.97. The zero-order valence-corrected chi connectivity index (χ0v) is 22.8. The topological polar surface area (TPSA) is 63.3 Å². The van der Waals surface area contributed by atoms with Gasteiger partial charge in [0.05, 0.1) is 19.8 Å². The Morgan fingerprint density at radius 2 is 1.17 bits per heavy atom. The lowest BCUT2D eigenvalue weighted by atomic mass is 10.1. The summed E-state index contributed by atoms with van der Waals surface area (Å²) < 4.78 is 86.2. The minimum atomic E-state index is -2.18. The maximum absolute atomic E-state index is 14.2. The number of nitrogens with zero attached hydrogens (tertiary/aromatic N) is 2. The number of rotatable bonds is 10. The molecule has 0 saturated carbocycles. The fraction of sp³-hybridized carbons (Fsp3) is 0.345. The molecule has 1 aliphatic heterocycles. The second-order valence-electron chi connectivity index (χ2n) is 8.99. The van der Waals surface area contributed by atoms with Crippen molar-refractivity contribution in [2.75, 3.05) is 61.1 Å². The number of piperazine rings is 1. The predicted octanol–water partition coefficient (Wildman–Crippen LogP) is 6.16. The van der Waals surface area contributed by atoms with Crippen LogP contribution in [0.1, 0.15) is 31.1 Å². The molecule has 0 atom stereocenters. The number of nitrogens with one attached hydrogen (secondary N) is 1. The molecule has 4 rings (SSSR count). The van der Waals surface area contributed by atoms with Crippen LogP contribution in [0, 0.1) is 29.1 Å². The van der Waals surface area contributed by atoms with Crippen molar-refractivity contribution in [1.29, 1.82) is 0 Å². The lowest BCUT2D eigenvalue weighted by molar-refractivity contribution is 0.102. The molecule has 1 N–H and O–H groups in total. The van der Waals surface area contributed by atoms with E-state index in [0.717, 1.165) is 10.6 Å². The highest BCUT2D eigenvalue weighted by Crippen LogP contribution is 2.39. The second-order valence-corrected chi connectivity index (χ2v) is 8.99. The number of halogens is 5. The number of benzene rings is 3. The fourth-order valence-electron chi connectivity index (χ4n) is 4.54. The van der Waals surface area contributed by atoms with Gasteiger partial charge in [0.25, 0.3) is 5.91 Å². The smallest absolute Gasteiger partial charge is 0.255 e. The van der Waals surface area contributed by atoms with Crippen molar-refractivity contribution in [2.24, 2.45) is 0 Å². The van der Waals surface area contributed by atoms with Crippen molar-refractivity contribution in [3.8, 4) is 17.2 Å². The number of ether oxygens (including phenoxy) is 3. The van der Waals surface area contributed by atoms with E-state index in [4.69, 9.17) is 14.2 Å². The largest absolute Gasteiger partial charge is 0.490 e. The van der Waals surface area contributed by atoms with E-state index in [-0.39, 0.29) is 32.1 Å². The van der Waals surface area contributed by atoms with Gasteiger partial charge in [-0.25, -0.2) is 22.0 Å². The van der Waals surface area contributed by atoms with Gasteiger partial charge in [-0.05, 0) is 57.2 Å². The van der Waals surface area contributed by atoms with E-state index in [1.807, 2.05) is 25.7 Å². The average molecular weight is 580 g/mol. The van der Waals surface area contributed by atoms with Crippen LogP contribution >= 0.6 is 0 Å². The van der Waals surface area contributed by atoms with E-state index in [1.165, 1.54) is 0 Å².